The normalized spacial score (nSPS) is 9.90. The summed E-state index contributed by atoms with van der Waals surface area (Å²) in [6.07, 6.45) is 2.87. The molecule has 0 aliphatic carbocycles. The van der Waals surface area contributed by atoms with E-state index in [1.807, 2.05) is 24.3 Å². The molecular weight excluding hydrogens is 270 g/mol. The summed E-state index contributed by atoms with van der Waals surface area (Å²) in [5.41, 5.74) is 0.803. The third-order valence-electron chi connectivity index (χ3n) is 2.54. The molecular formula is C15H17N3O3. The predicted molar refractivity (Wildman–Crippen MR) is 78.3 cm³/mol. The Balaban J connectivity index is 2.35. The lowest BCUT2D eigenvalue weighted by molar-refractivity contribution is -0.120. The molecule has 2 amide bonds. The van der Waals surface area contributed by atoms with E-state index >= 15 is 0 Å². The third kappa shape index (κ3) is 6.25. The molecule has 0 unspecified atom stereocenters. The fourth-order valence-electron chi connectivity index (χ4n) is 1.55. The van der Waals surface area contributed by atoms with E-state index in [0.29, 0.717) is 12.3 Å². The van der Waals surface area contributed by atoms with Gasteiger partial charge in [0, 0.05) is 24.7 Å². The van der Waals surface area contributed by atoms with Crippen molar-refractivity contribution in [2.24, 2.45) is 0 Å². The molecule has 0 saturated heterocycles. The van der Waals surface area contributed by atoms with Gasteiger partial charge in [-0.15, -0.1) is 0 Å². The smallest absolute Gasteiger partial charge is 0.244 e. The van der Waals surface area contributed by atoms with Crippen LogP contribution in [0.2, 0.25) is 0 Å². The molecule has 6 heteroatoms. The summed E-state index contributed by atoms with van der Waals surface area (Å²) in [4.78, 5) is 22.6. The molecule has 1 aromatic rings. The molecule has 1 aromatic carbocycles. The van der Waals surface area contributed by atoms with Crippen LogP contribution in [0.3, 0.4) is 0 Å². The maximum Gasteiger partial charge on any atom is 0.244 e. The van der Waals surface area contributed by atoms with E-state index in [0.717, 1.165) is 5.56 Å². The number of carbonyl (C=O) groups excluding carboxylic acids is 2. The second kappa shape index (κ2) is 9.15. The largest absolute Gasteiger partial charge is 0.496 e. The molecule has 0 radical (unpaired) electrons. The number of amides is 2. The molecule has 0 aliphatic rings. The van der Waals surface area contributed by atoms with E-state index in [1.54, 1.807) is 19.3 Å². The van der Waals surface area contributed by atoms with Gasteiger partial charge in [-0.1, -0.05) is 18.2 Å². The number of nitrogens with one attached hydrogen (secondary N) is 2. The Kier molecular flexibility index (Phi) is 7.08. The van der Waals surface area contributed by atoms with Crippen LogP contribution in [-0.4, -0.2) is 32.0 Å². The molecule has 0 saturated carbocycles. The van der Waals surface area contributed by atoms with E-state index < -0.39 is 0 Å². The number of para-hydroxylation sites is 1. The van der Waals surface area contributed by atoms with Crippen molar-refractivity contribution in [2.45, 2.75) is 6.42 Å². The van der Waals surface area contributed by atoms with Gasteiger partial charge in [0.2, 0.25) is 11.8 Å². The van der Waals surface area contributed by atoms with Gasteiger partial charge in [-0.05, 0) is 12.1 Å². The molecule has 0 spiro atoms. The standard InChI is InChI=1S/C15H17N3O3/c1-21-13-5-3-2-4-12(13)6-7-14(19)17-10-11-18-15(20)8-9-16/h2-7H,8,10-11H2,1H3,(H,17,19)(H,18,20)/b7-6+. The average Bonchev–Trinajstić information content (AvgIpc) is 2.50. The van der Waals surface area contributed by atoms with Gasteiger partial charge in [-0.3, -0.25) is 9.59 Å². The van der Waals surface area contributed by atoms with Crippen molar-refractivity contribution in [3.63, 3.8) is 0 Å². The molecule has 0 aliphatic heterocycles. The van der Waals surface area contributed by atoms with Gasteiger partial charge in [0.15, 0.2) is 0 Å². The van der Waals surface area contributed by atoms with Gasteiger partial charge in [-0.25, -0.2) is 0 Å². The Morgan fingerprint density at radius 3 is 2.71 bits per heavy atom. The monoisotopic (exact) mass is 287 g/mol. The Labute approximate surface area is 123 Å². The average molecular weight is 287 g/mol. The summed E-state index contributed by atoms with van der Waals surface area (Å²) in [5, 5.41) is 13.4. The van der Waals surface area contributed by atoms with E-state index in [9.17, 15) is 9.59 Å². The molecule has 6 nitrogen and oxygen atoms in total. The number of hydrogen-bond donors (Lipinski definition) is 2. The van der Waals surface area contributed by atoms with E-state index in [2.05, 4.69) is 10.6 Å². The summed E-state index contributed by atoms with van der Waals surface area (Å²) in [6.45, 7) is 0.584. The summed E-state index contributed by atoms with van der Waals surface area (Å²) in [5.74, 6) is 0.0667. The van der Waals surface area contributed by atoms with Crippen molar-refractivity contribution >= 4 is 17.9 Å². The zero-order chi connectivity index (χ0) is 15.5. The minimum absolute atomic E-state index is 0.179. The van der Waals surface area contributed by atoms with E-state index in [4.69, 9.17) is 10.00 Å². The van der Waals surface area contributed by atoms with Crippen molar-refractivity contribution < 1.29 is 14.3 Å². The van der Waals surface area contributed by atoms with Gasteiger partial charge in [0.05, 0.1) is 13.2 Å². The van der Waals surface area contributed by atoms with Gasteiger partial charge in [0.25, 0.3) is 0 Å². The SMILES string of the molecule is COc1ccccc1/C=C/C(=O)NCCNC(=O)CC#N. The lowest BCUT2D eigenvalue weighted by Gasteiger charge is -2.04. The van der Waals surface area contributed by atoms with Crippen molar-refractivity contribution in [1.29, 1.82) is 5.26 Å². The predicted octanol–water partition coefficient (Wildman–Crippen LogP) is 0.854. The molecule has 0 atom stereocenters. The van der Waals surface area contributed by atoms with Crippen LogP contribution in [0.25, 0.3) is 6.08 Å². The molecule has 21 heavy (non-hydrogen) atoms. The quantitative estimate of drug-likeness (QED) is 0.574. The van der Waals surface area contributed by atoms with Crippen LogP contribution >= 0.6 is 0 Å². The zero-order valence-corrected chi connectivity index (χ0v) is 11.8. The molecule has 0 fully saturated rings. The first-order valence-corrected chi connectivity index (χ1v) is 6.40. The number of nitriles is 1. The Bertz CT molecular complexity index is 562. The van der Waals surface area contributed by atoms with Crippen molar-refractivity contribution in [3.8, 4) is 11.8 Å². The molecule has 110 valence electrons. The lowest BCUT2D eigenvalue weighted by atomic mass is 10.2. The molecule has 1 rings (SSSR count). The minimum atomic E-state index is -0.351. The van der Waals surface area contributed by atoms with Crippen LogP contribution in [-0.2, 0) is 9.59 Å². The van der Waals surface area contributed by atoms with Crippen LogP contribution in [0.1, 0.15) is 12.0 Å². The van der Waals surface area contributed by atoms with Gasteiger partial charge in [0.1, 0.15) is 12.2 Å². The highest BCUT2D eigenvalue weighted by Crippen LogP contribution is 2.18. The second-order valence-corrected chi connectivity index (χ2v) is 4.05. The number of ether oxygens (including phenoxy) is 1. The fraction of sp³-hybridized carbons (Fsp3) is 0.267. The first-order valence-electron chi connectivity index (χ1n) is 6.40. The fourth-order valence-corrected chi connectivity index (χ4v) is 1.55. The molecule has 2 N–H and O–H groups in total. The summed E-state index contributed by atoms with van der Waals surface area (Å²) in [6, 6.07) is 9.09. The Morgan fingerprint density at radius 1 is 1.29 bits per heavy atom. The van der Waals surface area contributed by atoms with Crippen LogP contribution in [0, 0.1) is 11.3 Å². The van der Waals surface area contributed by atoms with Crippen LogP contribution < -0.4 is 15.4 Å². The van der Waals surface area contributed by atoms with Crippen LogP contribution in [0.5, 0.6) is 5.75 Å². The van der Waals surface area contributed by atoms with Gasteiger partial charge < -0.3 is 15.4 Å². The zero-order valence-electron chi connectivity index (χ0n) is 11.8. The van der Waals surface area contributed by atoms with Crippen molar-refractivity contribution in [3.05, 3.63) is 35.9 Å². The highest BCUT2D eigenvalue weighted by Gasteiger charge is 2.00. The number of rotatable bonds is 7. The summed E-state index contributed by atoms with van der Waals surface area (Å²) in [7, 11) is 1.57. The van der Waals surface area contributed by atoms with Gasteiger partial charge in [-0.2, -0.15) is 5.26 Å². The highest BCUT2D eigenvalue weighted by atomic mass is 16.5. The molecule has 0 bridgehead atoms. The number of hydrogen-bond acceptors (Lipinski definition) is 4. The second-order valence-electron chi connectivity index (χ2n) is 4.05. The number of nitrogens with zero attached hydrogens (tertiary/aromatic N) is 1. The first kappa shape index (κ1) is 16.2. The van der Waals surface area contributed by atoms with Crippen LogP contribution in [0.15, 0.2) is 30.3 Å². The maximum atomic E-state index is 11.6. The Morgan fingerprint density at radius 2 is 2.00 bits per heavy atom. The van der Waals surface area contributed by atoms with Crippen molar-refractivity contribution in [2.75, 3.05) is 20.2 Å². The molecule has 0 aromatic heterocycles. The van der Waals surface area contributed by atoms with E-state index in [1.165, 1.54) is 6.08 Å². The number of methoxy groups -OCH3 is 1. The number of carbonyl (C=O) groups is 2. The third-order valence-corrected chi connectivity index (χ3v) is 2.54. The summed E-state index contributed by atoms with van der Waals surface area (Å²) < 4.78 is 5.17. The van der Waals surface area contributed by atoms with Gasteiger partial charge >= 0.3 is 0 Å². The highest BCUT2D eigenvalue weighted by molar-refractivity contribution is 5.92. The van der Waals surface area contributed by atoms with Crippen LogP contribution in [0.4, 0.5) is 0 Å². The molecule has 0 heterocycles. The van der Waals surface area contributed by atoms with E-state index in [-0.39, 0.29) is 24.8 Å². The van der Waals surface area contributed by atoms with Crippen molar-refractivity contribution in [1.82, 2.24) is 10.6 Å². The minimum Gasteiger partial charge on any atom is -0.496 e. The first-order chi connectivity index (χ1) is 10.2. The maximum absolute atomic E-state index is 11.6. The Hall–Kier alpha value is -2.81. The topological polar surface area (TPSA) is 91.2 Å². The number of benzene rings is 1. The lowest BCUT2D eigenvalue weighted by Crippen LogP contribution is -2.33. The summed E-state index contributed by atoms with van der Waals surface area (Å²) >= 11 is 0.